The molecule has 1 unspecified atom stereocenters. The zero-order valence-electron chi connectivity index (χ0n) is 8.71. The van der Waals surface area contributed by atoms with Gasteiger partial charge in [-0.15, -0.1) is 0 Å². The summed E-state index contributed by atoms with van der Waals surface area (Å²) in [7, 11) is -6.76. The molecule has 0 aromatic carbocycles. The number of hydrogen-bond donors (Lipinski definition) is 0. The van der Waals surface area contributed by atoms with E-state index in [4.69, 9.17) is 0 Å². The topological polar surface area (TPSA) is 71.5 Å². The van der Waals surface area contributed by atoms with Crippen LogP contribution in [0.25, 0.3) is 0 Å². The van der Waals surface area contributed by atoms with Gasteiger partial charge in [0, 0.05) is 24.3 Å². The van der Waals surface area contributed by atoms with Crippen molar-refractivity contribution in [3.05, 3.63) is 0 Å². The van der Waals surface area contributed by atoms with Gasteiger partial charge in [0.25, 0.3) is 0 Å². The van der Waals surface area contributed by atoms with Gasteiger partial charge in [-0.1, -0.05) is 0 Å². The van der Waals surface area contributed by atoms with Crippen LogP contribution in [0, 0.1) is 0 Å². The molecule has 0 aromatic rings. The Morgan fingerprint density at radius 3 is 2.40 bits per heavy atom. The van der Waals surface area contributed by atoms with Crippen molar-refractivity contribution in [2.75, 3.05) is 30.1 Å². The number of sulfone groups is 1. The van der Waals surface area contributed by atoms with Crippen LogP contribution >= 0.6 is 11.8 Å². The Morgan fingerprint density at radius 2 is 1.93 bits per heavy atom. The highest BCUT2D eigenvalue weighted by molar-refractivity contribution is 8.01. The van der Waals surface area contributed by atoms with Crippen LogP contribution in [-0.4, -0.2) is 56.6 Å². The van der Waals surface area contributed by atoms with E-state index in [1.165, 1.54) is 18.7 Å². The van der Waals surface area contributed by atoms with E-state index in [0.29, 0.717) is 18.1 Å². The Balaban J connectivity index is 3.05. The summed E-state index contributed by atoms with van der Waals surface area (Å²) in [5.41, 5.74) is 0. The smallest absolute Gasteiger partial charge is 0.215 e. The number of rotatable bonds is 3. The minimum absolute atomic E-state index is 0.0519. The largest absolute Gasteiger partial charge is 0.227 e. The molecule has 1 atom stereocenters. The summed E-state index contributed by atoms with van der Waals surface area (Å²) < 4.78 is 47.3. The average molecular weight is 273 g/mol. The SMILES string of the molecule is CCS(=O)(=O)N1CCSCC1S(C)(=O)=O. The number of thioether (sulfide) groups is 1. The van der Waals surface area contributed by atoms with Crippen molar-refractivity contribution in [3.63, 3.8) is 0 Å². The lowest BCUT2D eigenvalue weighted by Gasteiger charge is -2.32. The van der Waals surface area contributed by atoms with Crippen molar-refractivity contribution in [2.24, 2.45) is 0 Å². The van der Waals surface area contributed by atoms with Gasteiger partial charge < -0.3 is 0 Å². The van der Waals surface area contributed by atoms with Gasteiger partial charge in [-0.25, -0.2) is 16.8 Å². The zero-order chi connectivity index (χ0) is 11.7. The van der Waals surface area contributed by atoms with Crippen LogP contribution in [0.4, 0.5) is 0 Å². The highest BCUT2D eigenvalue weighted by Crippen LogP contribution is 2.23. The fraction of sp³-hybridized carbons (Fsp3) is 1.00. The number of hydrogen-bond acceptors (Lipinski definition) is 5. The first kappa shape index (κ1) is 13.3. The standard InChI is InChI=1S/C7H15NO4S3/c1-3-15(11,12)8-4-5-13-6-7(8)14(2,9)10/h7H,3-6H2,1-2H3. The molecule has 1 rings (SSSR count). The fourth-order valence-electron chi connectivity index (χ4n) is 1.39. The zero-order valence-corrected chi connectivity index (χ0v) is 11.2. The first-order valence-electron chi connectivity index (χ1n) is 4.55. The van der Waals surface area contributed by atoms with E-state index in [1.807, 2.05) is 0 Å². The predicted molar refractivity (Wildman–Crippen MR) is 62.1 cm³/mol. The summed E-state index contributed by atoms with van der Waals surface area (Å²) in [4.78, 5) is 0. The number of nitrogens with zero attached hydrogens (tertiary/aromatic N) is 1. The van der Waals surface area contributed by atoms with Gasteiger partial charge in [-0.2, -0.15) is 16.1 Å². The Morgan fingerprint density at radius 1 is 1.33 bits per heavy atom. The van der Waals surface area contributed by atoms with Crippen molar-refractivity contribution in [3.8, 4) is 0 Å². The van der Waals surface area contributed by atoms with Crippen LogP contribution in [0.2, 0.25) is 0 Å². The van der Waals surface area contributed by atoms with Crippen molar-refractivity contribution < 1.29 is 16.8 Å². The van der Waals surface area contributed by atoms with Gasteiger partial charge >= 0.3 is 0 Å². The van der Waals surface area contributed by atoms with E-state index < -0.39 is 25.2 Å². The van der Waals surface area contributed by atoms with Crippen LogP contribution in [0.1, 0.15) is 6.92 Å². The summed E-state index contributed by atoms with van der Waals surface area (Å²) in [6.07, 6.45) is 1.09. The van der Waals surface area contributed by atoms with Crippen LogP contribution in [0.5, 0.6) is 0 Å². The molecule has 0 N–H and O–H groups in total. The molecule has 0 spiro atoms. The van der Waals surface area contributed by atoms with E-state index in [1.54, 1.807) is 0 Å². The lowest BCUT2D eigenvalue weighted by atomic mass is 10.6. The molecule has 0 aliphatic carbocycles. The van der Waals surface area contributed by atoms with Crippen molar-refractivity contribution >= 4 is 31.6 Å². The maximum Gasteiger partial charge on any atom is 0.215 e. The Kier molecular flexibility index (Phi) is 4.07. The normalized spacial score (nSPS) is 25.3. The lowest BCUT2D eigenvalue weighted by molar-refractivity contribution is 0.405. The third-order valence-corrected chi connectivity index (χ3v) is 6.91. The highest BCUT2D eigenvalue weighted by atomic mass is 32.2. The lowest BCUT2D eigenvalue weighted by Crippen LogP contribution is -2.50. The molecule has 0 radical (unpaired) electrons. The molecule has 1 aliphatic rings. The highest BCUT2D eigenvalue weighted by Gasteiger charge is 2.37. The predicted octanol–water partition coefficient (Wildman–Crippen LogP) is -0.244. The molecule has 1 aliphatic heterocycles. The molecular formula is C7H15NO4S3. The molecule has 0 saturated carbocycles. The summed E-state index contributed by atoms with van der Waals surface area (Å²) >= 11 is 1.47. The minimum atomic E-state index is -3.41. The van der Waals surface area contributed by atoms with Crippen LogP contribution in [-0.2, 0) is 19.9 Å². The van der Waals surface area contributed by atoms with E-state index in [9.17, 15) is 16.8 Å². The second-order valence-electron chi connectivity index (χ2n) is 3.37. The van der Waals surface area contributed by atoms with Gasteiger partial charge in [-0.05, 0) is 6.92 Å². The Bertz CT molecular complexity index is 414. The molecular weight excluding hydrogens is 258 g/mol. The van der Waals surface area contributed by atoms with Crippen LogP contribution < -0.4 is 0 Å². The Labute approximate surface area is 95.2 Å². The molecule has 1 heterocycles. The van der Waals surface area contributed by atoms with Crippen molar-refractivity contribution in [2.45, 2.75) is 12.3 Å². The quantitative estimate of drug-likeness (QED) is 0.709. The minimum Gasteiger partial charge on any atom is -0.227 e. The first-order valence-corrected chi connectivity index (χ1v) is 9.27. The Hall–Kier alpha value is 0.210. The number of sulfonamides is 1. The molecule has 8 heteroatoms. The van der Waals surface area contributed by atoms with Crippen LogP contribution in [0.15, 0.2) is 0 Å². The van der Waals surface area contributed by atoms with E-state index in [0.717, 1.165) is 10.6 Å². The summed E-state index contributed by atoms with van der Waals surface area (Å²) in [6, 6.07) is 0. The van der Waals surface area contributed by atoms with Crippen molar-refractivity contribution in [1.82, 2.24) is 4.31 Å². The average Bonchev–Trinajstić information content (AvgIpc) is 2.16. The molecule has 1 saturated heterocycles. The van der Waals surface area contributed by atoms with Gasteiger partial charge in [-0.3, -0.25) is 0 Å². The molecule has 0 bridgehead atoms. The third-order valence-electron chi connectivity index (χ3n) is 2.25. The second-order valence-corrected chi connectivity index (χ2v) is 8.93. The van der Waals surface area contributed by atoms with Gasteiger partial charge in [0.15, 0.2) is 9.84 Å². The van der Waals surface area contributed by atoms with E-state index >= 15 is 0 Å². The summed E-state index contributed by atoms with van der Waals surface area (Å²) in [5, 5.41) is -0.888. The summed E-state index contributed by atoms with van der Waals surface area (Å²) in [5.74, 6) is 0.938. The van der Waals surface area contributed by atoms with E-state index in [-0.39, 0.29) is 5.75 Å². The molecule has 5 nitrogen and oxygen atoms in total. The molecule has 1 fully saturated rings. The monoisotopic (exact) mass is 273 g/mol. The third kappa shape index (κ3) is 3.08. The van der Waals surface area contributed by atoms with Gasteiger partial charge in [0.1, 0.15) is 5.37 Å². The van der Waals surface area contributed by atoms with Gasteiger partial charge in [0.05, 0.1) is 5.75 Å². The molecule has 0 aromatic heterocycles. The molecule has 15 heavy (non-hydrogen) atoms. The fourth-order valence-corrected chi connectivity index (χ4v) is 6.28. The van der Waals surface area contributed by atoms with E-state index in [2.05, 4.69) is 0 Å². The van der Waals surface area contributed by atoms with Gasteiger partial charge in [0.2, 0.25) is 10.0 Å². The first-order chi connectivity index (χ1) is 6.79. The van der Waals surface area contributed by atoms with Crippen molar-refractivity contribution in [1.29, 1.82) is 0 Å². The molecule has 0 amide bonds. The molecule has 90 valence electrons. The maximum atomic E-state index is 11.7. The second kappa shape index (κ2) is 4.60. The summed E-state index contributed by atoms with van der Waals surface area (Å²) in [6.45, 7) is 1.81. The van der Waals surface area contributed by atoms with Crippen LogP contribution in [0.3, 0.4) is 0 Å². The maximum absolute atomic E-state index is 11.7.